The highest BCUT2D eigenvalue weighted by molar-refractivity contribution is 9.25. The third kappa shape index (κ3) is 32.6. The molecule has 0 aromatic heterocycles. The van der Waals surface area contributed by atoms with E-state index >= 15 is 0 Å². The van der Waals surface area contributed by atoms with E-state index in [9.17, 15) is 9.59 Å². The van der Waals surface area contributed by atoms with E-state index in [1.807, 2.05) is 0 Å². The van der Waals surface area contributed by atoms with Crippen LogP contribution in [0.1, 0.15) is 181 Å². The molecule has 0 bridgehead atoms. The Morgan fingerprint density at radius 2 is 0.632 bits per heavy atom. The molecule has 0 saturated heterocycles. The van der Waals surface area contributed by atoms with Crippen molar-refractivity contribution in [2.75, 3.05) is 0 Å². The van der Waals surface area contributed by atoms with E-state index in [0.29, 0.717) is 12.8 Å². The third-order valence-electron chi connectivity index (χ3n) is 6.92. The van der Waals surface area contributed by atoms with Crippen LogP contribution >= 0.6 is 41.6 Å². The van der Waals surface area contributed by atoms with Crippen LogP contribution in [0.25, 0.3) is 0 Å². The van der Waals surface area contributed by atoms with Crippen molar-refractivity contribution in [2.24, 2.45) is 0 Å². The molecule has 0 unspecified atom stereocenters. The normalized spacial score (nSPS) is 11.1. The average Bonchev–Trinajstić information content (AvgIpc) is 2.91. The Labute approximate surface area is 252 Å². The Morgan fingerprint density at radius 3 is 0.895 bits per heavy atom. The van der Waals surface area contributed by atoms with Crippen molar-refractivity contribution in [1.82, 2.24) is 9.44 Å². The van der Waals surface area contributed by atoms with Gasteiger partial charge in [0.25, 0.3) is 0 Å². The smallest absolute Gasteiger partial charge is 0.230 e. The van der Waals surface area contributed by atoms with Gasteiger partial charge in [-0.3, -0.25) is 19.0 Å². The van der Waals surface area contributed by atoms with Gasteiger partial charge in [-0.15, -0.1) is 0 Å². The van der Waals surface area contributed by atoms with Gasteiger partial charge in [0, 0.05) is 54.5 Å². The van der Waals surface area contributed by atoms with Crippen molar-refractivity contribution in [1.29, 1.82) is 0 Å². The molecule has 0 atom stereocenters. The van der Waals surface area contributed by atoms with Crippen LogP contribution < -0.4 is 9.44 Å². The lowest BCUT2D eigenvalue weighted by molar-refractivity contribution is -0.120. The summed E-state index contributed by atoms with van der Waals surface area (Å²) >= 11 is 0. The standard InChI is InChI=1S/C30H60N2O2S4/c1-3-5-7-9-11-13-15-17-19-21-23-25-27-29(33)31-35-37-38-36-32-30(34)28-26-24-22-20-18-16-14-12-10-8-6-4-2/h3-28H2,1-2H3,(H,31,33)(H,32,34). The molecule has 0 aromatic rings. The van der Waals surface area contributed by atoms with Crippen LogP contribution in [0.3, 0.4) is 0 Å². The van der Waals surface area contributed by atoms with Crippen molar-refractivity contribution in [3.63, 3.8) is 0 Å². The van der Waals surface area contributed by atoms with Crippen molar-refractivity contribution in [3.8, 4) is 0 Å². The first-order valence-electron chi connectivity index (χ1n) is 15.9. The number of amides is 2. The summed E-state index contributed by atoms with van der Waals surface area (Å²) in [6.07, 6.45) is 32.6. The van der Waals surface area contributed by atoms with Crippen LogP contribution in [0.5, 0.6) is 0 Å². The van der Waals surface area contributed by atoms with E-state index in [1.54, 1.807) is 0 Å². The van der Waals surface area contributed by atoms with Gasteiger partial charge in [-0.05, 0) is 12.8 Å². The van der Waals surface area contributed by atoms with E-state index < -0.39 is 0 Å². The molecule has 0 aromatic carbocycles. The maximum absolute atomic E-state index is 11.9. The summed E-state index contributed by atoms with van der Waals surface area (Å²) in [5.41, 5.74) is 0. The minimum absolute atomic E-state index is 0.108. The van der Waals surface area contributed by atoms with Crippen LogP contribution in [-0.4, -0.2) is 11.8 Å². The molecular formula is C30H60N2O2S4. The molecule has 0 aliphatic heterocycles. The highest BCUT2D eigenvalue weighted by Gasteiger charge is 2.04. The lowest BCUT2D eigenvalue weighted by Gasteiger charge is -2.05. The van der Waals surface area contributed by atoms with Gasteiger partial charge in [0.05, 0.1) is 0 Å². The van der Waals surface area contributed by atoms with E-state index in [-0.39, 0.29) is 11.8 Å². The minimum Gasteiger partial charge on any atom is -0.290 e. The average molecular weight is 609 g/mol. The van der Waals surface area contributed by atoms with Crippen LogP contribution in [0.2, 0.25) is 0 Å². The molecular weight excluding hydrogens is 549 g/mol. The zero-order valence-corrected chi connectivity index (χ0v) is 28.1. The summed E-state index contributed by atoms with van der Waals surface area (Å²) in [6, 6.07) is 0. The predicted molar refractivity (Wildman–Crippen MR) is 178 cm³/mol. The zero-order chi connectivity index (χ0) is 27.8. The molecule has 0 radical (unpaired) electrons. The zero-order valence-electron chi connectivity index (χ0n) is 24.8. The molecule has 2 N–H and O–H groups in total. The quantitative estimate of drug-likeness (QED) is 0.0464. The highest BCUT2D eigenvalue weighted by Crippen LogP contribution is 2.39. The molecule has 0 aliphatic rings. The van der Waals surface area contributed by atoms with Crippen LogP contribution in [-0.2, 0) is 9.59 Å². The first-order chi connectivity index (χ1) is 18.7. The fourth-order valence-electron chi connectivity index (χ4n) is 4.51. The van der Waals surface area contributed by atoms with E-state index in [1.165, 1.54) is 170 Å². The Morgan fingerprint density at radius 1 is 0.395 bits per heavy atom. The summed E-state index contributed by atoms with van der Waals surface area (Å²) in [6.45, 7) is 4.54. The monoisotopic (exact) mass is 608 g/mol. The summed E-state index contributed by atoms with van der Waals surface area (Å²) in [4.78, 5) is 23.9. The van der Waals surface area contributed by atoms with E-state index in [4.69, 9.17) is 0 Å². The SMILES string of the molecule is CCCCCCCCCCCCCCC(=O)NSSSSNC(=O)CCCCCCCCCCCCCC. The first-order valence-corrected chi connectivity index (χ1v) is 20.8. The minimum atomic E-state index is 0.108. The number of carbonyl (C=O) groups excluding carboxylic acids is 2. The molecule has 0 heterocycles. The van der Waals surface area contributed by atoms with Crippen molar-refractivity contribution >= 4 is 53.4 Å². The maximum atomic E-state index is 11.9. The topological polar surface area (TPSA) is 58.2 Å². The molecule has 226 valence electrons. The lowest BCUT2D eigenvalue weighted by atomic mass is 10.0. The Kier molecular flexibility index (Phi) is 33.8. The molecule has 0 rings (SSSR count). The summed E-state index contributed by atoms with van der Waals surface area (Å²) in [7, 11) is 5.65. The lowest BCUT2D eigenvalue weighted by Crippen LogP contribution is -2.14. The molecule has 4 nitrogen and oxygen atoms in total. The molecule has 2 amide bonds. The van der Waals surface area contributed by atoms with Gasteiger partial charge in [0.2, 0.25) is 11.8 Å². The van der Waals surface area contributed by atoms with Gasteiger partial charge in [0.15, 0.2) is 0 Å². The number of carbonyl (C=O) groups is 2. The largest absolute Gasteiger partial charge is 0.290 e. The number of hydrogen-bond donors (Lipinski definition) is 2. The second-order valence-corrected chi connectivity index (χ2v) is 15.9. The molecule has 0 fully saturated rings. The van der Waals surface area contributed by atoms with Crippen LogP contribution in [0, 0.1) is 0 Å². The molecule has 0 aliphatic carbocycles. The first kappa shape index (κ1) is 38.3. The molecule has 8 heteroatoms. The second-order valence-electron chi connectivity index (χ2n) is 10.6. The van der Waals surface area contributed by atoms with Crippen molar-refractivity contribution in [2.45, 2.75) is 181 Å². The summed E-state index contributed by atoms with van der Waals surface area (Å²) in [5, 5.41) is 0. The Bertz CT molecular complexity index is 469. The fourth-order valence-corrected chi connectivity index (χ4v) is 8.56. The second kappa shape index (κ2) is 33.5. The highest BCUT2D eigenvalue weighted by atomic mass is 33.7. The van der Waals surface area contributed by atoms with Gasteiger partial charge in [-0.25, -0.2) is 0 Å². The number of rotatable bonds is 31. The van der Waals surface area contributed by atoms with E-state index in [2.05, 4.69) is 23.3 Å². The predicted octanol–water partition coefficient (Wildman–Crippen LogP) is 11.9. The van der Waals surface area contributed by atoms with Gasteiger partial charge >= 0.3 is 0 Å². The third-order valence-corrected chi connectivity index (χ3v) is 12.0. The van der Waals surface area contributed by atoms with Gasteiger partial charge in [0.1, 0.15) is 0 Å². The summed E-state index contributed by atoms with van der Waals surface area (Å²) < 4.78 is 5.76. The molecule has 0 saturated carbocycles. The van der Waals surface area contributed by atoms with E-state index in [0.717, 1.165) is 25.7 Å². The van der Waals surface area contributed by atoms with Gasteiger partial charge < -0.3 is 0 Å². The van der Waals surface area contributed by atoms with Crippen LogP contribution in [0.15, 0.2) is 0 Å². The van der Waals surface area contributed by atoms with Gasteiger partial charge in [-0.1, -0.05) is 155 Å². The number of hydrogen-bond acceptors (Lipinski definition) is 6. The maximum Gasteiger partial charge on any atom is 0.230 e. The summed E-state index contributed by atoms with van der Waals surface area (Å²) in [5.74, 6) is 0.215. The number of unbranched alkanes of at least 4 members (excludes halogenated alkanes) is 22. The Hall–Kier alpha value is 0.340. The fraction of sp³-hybridized carbons (Fsp3) is 0.933. The van der Waals surface area contributed by atoms with Gasteiger partial charge in [-0.2, -0.15) is 0 Å². The number of nitrogens with one attached hydrogen (secondary N) is 2. The Balaban J connectivity index is 3.26. The van der Waals surface area contributed by atoms with Crippen molar-refractivity contribution < 1.29 is 9.59 Å². The molecule has 38 heavy (non-hydrogen) atoms. The molecule has 0 spiro atoms. The van der Waals surface area contributed by atoms with Crippen LogP contribution in [0.4, 0.5) is 0 Å². The van der Waals surface area contributed by atoms with Crippen molar-refractivity contribution in [3.05, 3.63) is 0 Å².